The van der Waals surface area contributed by atoms with E-state index in [9.17, 15) is 14.7 Å². The van der Waals surface area contributed by atoms with Crippen LogP contribution < -0.4 is 5.32 Å². The predicted molar refractivity (Wildman–Crippen MR) is 81.6 cm³/mol. The number of piperidine rings is 1. The van der Waals surface area contributed by atoms with E-state index >= 15 is 0 Å². The fourth-order valence-corrected chi connectivity index (χ4v) is 6.22. The van der Waals surface area contributed by atoms with Crippen LogP contribution in [0.5, 0.6) is 0 Å². The van der Waals surface area contributed by atoms with E-state index in [4.69, 9.17) is 16.3 Å². The fraction of sp³-hybridized carbons (Fsp3) is 0.765. The molecule has 0 aromatic rings. The van der Waals surface area contributed by atoms with Gasteiger partial charge in [-0.3, -0.25) is 4.79 Å². The van der Waals surface area contributed by atoms with Gasteiger partial charge in [-0.15, -0.1) is 11.6 Å². The summed E-state index contributed by atoms with van der Waals surface area (Å²) in [6.07, 6.45) is 5.05. The SMILES string of the molecule is C[C@@]12[C@@H](CCCl)C(=O)NC13C(=O)OC32[C@@H](O)C1=CCC[C@@H]2C[C@H]12. The highest BCUT2D eigenvalue weighted by atomic mass is 35.5. The van der Waals surface area contributed by atoms with Crippen LogP contribution in [0.4, 0.5) is 0 Å². The third-order valence-electron chi connectivity index (χ3n) is 7.30. The molecule has 5 nitrogen and oxygen atoms in total. The first-order valence-electron chi connectivity index (χ1n) is 8.45. The van der Waals surface area contributed by atoms with Gasteiger partial charge in [0.1, 0.15) is 6.10 Å². The van der Waals surface area contributed by atoms with Crippen LogP contribution >= 0.6 is 11.6 Å². The number of carbonyl (C=O) groups is 2. The lowest BCUT2D eigenvalue weighted by atomic mass is 9.81. The maximum atomic E-state index is 12.3. The topological polar surface area (TPSA) is 75.6 Å². The molecular weight excluding hydrogens is 318 g/mol. The summed E-state index contributed by atoms with van der Waals surface area (Å²) in [6.45, 7) is 1.89. The first-order chi connectivity index (χ1) is 11.0. The summed E-state index contributed by atoms with van der Waals surface area (Å²) in [4.78, 5) is 24.5. The quantitative estimate of drug-likeness (QED) is 0.458. The third-order valence-corrected chi connectivity index (χ3v) is 7.51. The van der Waals surface area contributed by atoms with Crippen LogP contribution in [0.25, 0.3) is 0 Å². The van der Waals surface area contributed by atoms with Crippen molar-refractivity contribution in [1.29, 1.82) is 0 Å². The number of nitrogens with one attached hydrogen (secondary N) is 1. The van der Waals surface area contributed by atoms with Gasteiger partial charge in [0.05, 0.1) is 11.3 Å². The molecule has 2 heterocycles. The molecule has 0 bridgehead atoms. The Morgan fingerprint density at radius 3 is 3.00 bits per heavy atom. The van der Waals surface area contributed by atoms with Gasteiger partial charge in [0, 0.05) is 5.88 Å². The lowest BCUT2D eigenvalue weighted by Crippen LogP contribution is -2.64. The summed E-state index contributed by atoms with van der Waals surface area (Å²) in [7, 11) is 0. The van der Waals surface area contributed by atoms with Crippen molar-refractivity contribution in [2.24, 2.45) is 23.2 Å². The van der Waals surface area contributed by atoms with Crippen molar-refractivity contribution in [3.05, 3.63) is 11.6 Å². The Morgan fingerprint density at radius 2 is 2.30 bits per heavy atom. The Labute approximate surface area is 139 Å². The van der Waals surface area contributed by atoms with Crippen LogP contribution in [0, 0.1) is 23.2 Å². The van der Waals surface area contributed by atoms with Gasteiger partial charge < -0.3 is 15.2 Å². The number of carbonyl (C=O) groups excluding carboxylic acids is 2. The molecule has 3 aliphatic carbocycles. The lowest BCUT2D eigenvalue weighted by molar-refractivity contribution is -0.192. The molecule has 2 saturated heterocycles. The summed E-state index contributed by atoms with van der Waals surface area (Å²) in [5.74, 6) is 0.504. The zero-order chi connectivity index (χ0) is 16.2. The number of hydrogen-bond acceptors (Lipinski definition) is 4. The van der Waals surface area contributed by atoms with Crippen molar-refractivity contribution >= 4 is 23.5 Å². The number of amides is 1. The second-order valence-electron chi connectivity index (χ2n) is 7.88. The minimum Gasteiger partial charge on any atom is -0.450 e. The van der Waals surface area contributed by atoms with E-state index in [1.165, 1.54) is 6.42 Å². The number of fused-ring (bicyclic) bond motifs is 2. The Kier molecular flexibility index (Phi) is 2.45. The first-order valence-corrected chi connectivity index (χ1v) is 8.98. The Bertz CT molecular complexity index is 678. The van der Waals surface area contributed by atoms with Gasteiger partial charge in [0.15, 0.2) is 11.1 Å². The molecule has 5 rings (SSSR count). The summed E-state index contributed by atoms with van der Waals surface area (Å²) >= 11 is 5.87. The van der Waals surface area contributed by atoms with Gasteiger partial charge >= 0.3 is 5.97 Å². The molecule has 2 N–H and O–H groups in total. The molecule has 1 spiro atoms. The number of aliphatic hydroxyl groups is 1. The van der Waals surface area contributed by atoms with Crippen LogP contribution in [0.2, 0.25) is 0 Å². The molecule has 0 aromatic carbocycles. The Morgan fingerprint density at radius 1 is 1.52 bits per heavy atom. The molecule has 7 atom stereocenters. The predicted octanol–water partition coefficient (Wildman–Crippen LogP) is 1.13. The number of hydrogen-bond donors (Lipinski definition) is 2. The molecular formula is C17H20ClNO4. The average Bonchev–Trinajstić information content (AvgIpc) is 3.35. The second-order valence-corrected chi connectivity index (χ2v) is 8.26. The zero-order valence-corrected chi connectivity index (χ0v) is 13.7. The maximum Gasteiger partial charge on any atom is 0.337 e. The van der Waals surface area contributed by atoms with E-state index in [1.807, 2.05) is 6.92 Å². The molecule has 2 unspecified atom stereocenters. The van der Waals surface area contributed by atoms with Crippen molar-refractivity contribution < 1.29 is 19.4 Å². The van der Waals surface area contributed by atoms with Crippen molar-refractivity contribution in [2.75, 3.05) is 5.88 Å². The van der Waals surface area contributed by atoms with Crippen LogP contribution in [-0.2, 0) is 14.3 Å². The van der Waals surface area contributed by atoms with Gasteiger partial charge in [-0.2, -0.15) is 0 Å². The largest absolute Gasteiger partial charge is 0.450 e. The van der Waals surface area contributed by atoms with E-state index < -0.39 is 28.6 Å². The molecule has 1 amide bonds. The number of alkyl halides is 1. The summed E-state index contributed by atoms with van der Waals surface area (Å²) in [5.41, 5.74) is -1.72. The zero-order valence-electron chi connectivity index (χ0n) is 13.0. The van der Waals surface area contributed by atoms with Crippen molar-refractivity contribution in [2.45, 2.75) is 49.9 Å². The molecule has 5 aliphatic rings. The Hall–Kier alpha value is -1.07. The number of ether oxygens (including phenoxy) is 1. The molecule has 23 heavy (non-hydrogen) atoms. The number of allylic oxidation sites excluding steroid dienone is 1. The van der Waals surface area contributed by atoms with Gasteiger partial charge in [-0.1, -0.05) is 13.0 Å². The molecule has 124 valence electrons. The van der Waals surface area contributed by atoms with Crippen molar-refractivity contribution in [3.8, 4) is 0 Å². The van der Waals surface area contributed by atoms with Gasteiger partial charge in [-0.05, 0) is 43.1 Å². The standard InChI is InChI=1S/C17H20ClNO4/c1-15-11(5-6-18)13(21)19-16(15)14(22)23-17(15,16)12(20)9-4-2-3-8-7-10(8)9/h4,8,10-12,20H,2-3,5-7H2,1H3,(H,19,21)/t8-,10+,11+,12+,15-,16?,17?/m1/s1. The molecule has 4 fully saturated rings. The summed E-state index contributed by atoms with van der Waals surface area (Å²) in [6, 6.07) is 0. The number of halogens is 1. The molecule has 2 saturated carbocycles. The van der Waals surface area contributed by atoms with Crippen molar-refractivity contribution in [1.82, 2.24) is 5.32 Å². The minimum atomic E-state index is -1.05. The Balaban J connectivity index is 1.55. The average molecular weight is 338 g/mol. The van der Waals surface area contributed by atoms with E-state index in [0.717, 1.165) is 18.4 Å². The normalized spacial score (nSPS) is 53.0. The van der Waals surface area contributed by atoms with Gasteiger partial charge in [-0.25, -0.2) is 4.79 Å². The highest BCUT2D eigenvalue weighted by molar-refractivity contribution is 6.18. The van der Waals surface area contributed by atoms with Crippen LogP contribution in [0.15, 0.2) is 11.6 Å². The van der Waals surface area contributed by atoms with Crippen molar-refractivity contribution in [3.63, 3.8) is 0 Å². The lowest BCUT2D eigenvalue weighted by Gasteiger charge is -2.40. The molecule has 6 heteroatoms. The van der Waals surface area contributed by atoms with Crippen LogP contribution in [-0.4, -0.2) is 40.1 Å². The van der Waals surface area contributed by atoms with E-state index in [2.05, 4.69) is 11.4 Å². The maximum absolute atomic E-state index is 12.3. The highest BCUT2D eigenvalue weighted by Gasteiger charge is 3.06. The first kappa shape index (κ1) is 14.3. The van der Waals surface area contributed by atoms with Crippen LogP contribution in [0.3, 0.4) is 0 Å². The van der Waals surface area contributed by atoms with E-state index in [0.29, 0.717) is 24.1 Å². The molecule has 0 radical (unpaired) electrons. The second kappa shape index (κ2) is 3.94. The summed E-state index contributed by atoms with van der Waals surface area (Å²) in [5, 5.41) is 14.0. The van der Waals surface area contributed by atoms with E-state index in [1.54, 1.807) is 0 Å². The monoisotopic (exact) mass is 337 g/mol. The fourth-order valence-electron chi connectivity index (χ4n) is 6.00. The third kappa shape index (κ3) is 1.20. The summed E-state index contributed by atoms with van der Waals surface area (Å²) < 4.78 is 5.58. The van der Waals surface area contributed by atoms with Gasteiger partial charge in [0.2, 0.25) is 5.91 Å². The molecule has 0 aromatic heterocycles. The van der Waals surface area contributed by atoms with E-state index in [-0.39, 0.29) is 11.8 Å². The highest BCUT2D eigenvalue weighted by Crippen LogP contribution is 2.82. The minimum absolute atomic E-state index is 0.144. The van der Waals surface area contributed by atoms with Crippen LogP contribution in [0.1, 0.15) is 32.6 Å². The number of rotatable bonds is 4. The number of esters is 1. The van der Waals surface area contributed by atoms with Gasteiger partial charge in [0.25, 0.3) is 0 Å². The molecule has 2 aliphatic heterocycles. The number of aliphatic hydroxyl groups excluding tert-OH is 1. The smallest absolute Gasteiger partial charge is 0.337 e.